The molecule has 31 heavy (non-hydrogen) atoms. The number of hydrogen-bond donors (Lipinski definition) is 2. The number of rotatable bonds is 8. The van der Waals surface area contributed by atoms with E-state index in [0.717, 1.165) is 0 Å². The summed E-state index contributed by atoms with van der Waals surface area (Å²) in [5, 5.41) is 1.91. The van der Waals surface area contributed by atoms with E-state index in [1.165, 1.54) is 0 Å². The van der Waals surface area contributed by atoms with E-state index in [1.807, 2.05) is 5.32 Å². The summed E-state index contributed by atoms with van der Waals surface area (Å²) in [6, 6.07) is -10.7. The first-order chi connectivity index (χ1) is 25.0. The number of carbonyl (C=O) groups is 1. The molecule has 1 aromatic carbocycles. The fourth-order valence-corrected chi connectivity index (χ4v) is 2.32. The molecule has 3 N–H and O–H groups in total. The summed E-state index contributed by atoms with van der Waals surface area (Å²) in [5.74, 6) is -3.91. The normalized spacial score (nSPS) is 42.6. The fraction of sp³-hybridized carbons (Fsp3) is 0.522. The lowest BCUT2D eigenvalue weighted by molar-refractivity contribution is -0.115. The van der Waals surface area contributed by atoms with Crippen LogP contribution in [0.2, 0.25) is 0 Å². The summed E-state index contributed by atoms with van der Waals surface area (Å²) in [5.41, 5.74) is 2.09. The van der Waals surface area contributed by atoms with Gasteiger partial charge in [0.05, 0.1) is 26.8 Å². The maximum absolute atomic E-state index is 13.1. The number of nitrogen functional groups attached to an aromatic ring is 1. The molecule has 2 aliphatic heterocycles. The van der Waals surface area contributed by atoms with E-state index in [0.29, 0.717) is 6.92 Å². The zero-order chi connectivity index (χ0) is 44.8. The molecule has 166 valence electrons. The number of ether oxygens (including phenoxy) is 1. The Balaban J connectivity index is 1.98. The van der Waals surface area contributed by atoms with Crippen LogP contribution in [0, 0.1) is 0 Å². The molecular formula is C23H32N6O2. The Labute approximate surface area is 220 Å². The lowest BCUT2D eigenvalue weighted by Gasteiger charge is -2.30. The Morgan fingerprint density at radius 3 is 2.87 bits per heavy atom. The van der Waals surface area contributed by atoms with Crippen LogP contribution >= 0.6 is 0 Å². The van der Waals surface area contributed by atoms with Gasteiger partial charge in [0.15, 0.2) is 11.6 Å². The minimum absolute atomic E-state index is 0.243. The van der Waals surface area contributed by atoms with Gasteiger partial charge in [0.1, 0.15) is 5.69 Å². The number of carbonyl (C=O) groups excluding carboxylic acids is 1. The van der Waals surface area contributed by atoms with Crippen LogP contribution in [0.5, 0.6) is 6.01 Å². The van der Waals surface area contributed by atoms with Crippen LogP contribution in [-0.4, -0.2) is 46.3 Å². The molecule has 0 radical (unpaired) electrons. The van der Waals surface area contributed by atoms with E-state index in [9.17, 15) is 4.79 Å². The van der Waals surface area contributed by atoms with Gasteiger partial charge in [-0.2, -0.15) is 9.97 Å². The van der Waals surface area contributed by atoms with Crippen molar-refractivity contribution in [1.82, 2.24) is 14.9 Å². The van der Waals surface area contributed by atoms with Gasteiger partial charge >= 0.3 is 6.01 Å². The third kappa shape index (κ3) is 5.07. The first kappa shape index (κ1) is 6.34. The summed E-state index contributed by atoms with van der Waals surface area (Å²) in [7, 11) is 0. The van der Waals surface area contributed by atoms with E-state index in [-0.39, 0.29) is 9.80 Å². The Kier molecular flexibility index (Phi) is 1.95. The number of likely N-dealkylation sites (tertiary alicyclic amines) is 1. The molecule has 0 aliphatic carbocycles. The number of aromatic nitrogens is 2. The van der Waals surface area contributed by atoms with E-state index < -0.39 is 135 Å². The van der Waals surface area contributed by atoms with Crippen molar-refractivity contribution in [3.05, 3.63) is 35.3 Å². The zero-order valence-electron chi connectivity index (χ0n) is 41.7. The summed E-state index contributed by atoms with van der Waals surface area (Å²) in [6.45, 7) is -22.3. The number of hydrogen-bond acceptors (Lipinski definition) is 7. The van der Waals surface area contributed by atoms with Crippen molar-refractivity contribution in [2.24, 2.45) is 0 Å². The van der Waals surface area contributed by atoms with E-state index in [1.54, 1.807) is 0 Å². The van der Waals surface area contributed by atoms with Crippen molar-refractivity contribution in [3.8, 4) is 6.01 Å². The number of fused-ring (bicyclic) bond motifs is 1. The quantitative estimate of drug-likeness (QED) is 0.637. The summed E-state index contributed by atoms with van der Waals surface area (Å²) in [6.07, 6.45) is -15.2. The molecule has 1 unspecified atom stereocenters. The lowest BCUT2D eigenvalue weighted by Crippen LogP contribution is -2.39. The summed E-state index contributed by atoms with van der Waals surface area (Å²) in [4.78, 5) is 19.7. The van der Waals surface area contributed by atoms with Gasteiger partial charge in [-0.3, -0.25) is 9.69 Å². The topological polar surface area (TPSA) is 96.6 Å². The molecule has 0 spiro atoms. The van der Waals surface area contributed by atoms with Crippen LogP contribution in [-0.2, 0) is 17.8 Å². The third-order valence-corrected chi connectivity index (χ3v) is 3.64. The van der Waals surface area contributed by atoms with E-state index >= 15 is 0 Å². The number of nitrogens with zero attached hydrogens (tertiary/aromatic N) is 4. The monoisotopic (exact) mass is 450 g/mol. The Morgan fingerprint density at radius 1 is 1.39 bits per heavy atom. The third-order valence-electron chi connectivity index (χ3n) is 3.64. The molecular weight excluding hydrogens is 392 g/mol. The highest BCUT2D eigenvalue weighted by Gasteiger charge is 2.27. The van der Waals surface area contributed by atoms with Crippen LogP contribution < -0.4 is 20.7 Å². The maximum atomic E-state index is 13.1. The van der Waals surface area contributed by atoms with Gasteiger partial charge in [0.25, 0.3) is 0 Å². The number of benzene rings is 1. The van der Waals surface area contributed by atoms with E-state index in [2.05, 4.69) is 9.97 Å². The molecule has 3 heterocycles. The highest BCUT2D eigenvalue weighted by molar-refractivity contribution is 6.03. The second-order valence-corrected chi connectivity index (χ2v) is 5.70. The van der Waals surface area contributed by atoms with Crippen LogP contribution in [0.25, 0.3) is 0 Å². The average molecular weight is 451 g/mol. The van der Waals surface area contributed by atoms with Crippen molar-refractivity contribution in [1.29, 1.82) is 0 Å². The SMILES string of the molecule is [2H]c1c([2H])c(C([2H])([2H])N2C([2H])([2H])C([2H])([2H])C([2H])([2H])C2([2H])C)c([2H])c([2H])c1C([2H])([2H])N1c2nc(OC([2H])([2H])C([2H])([2H])C([2H])([2H])C([2H])([2H])[2H])nc(N)c2NC(=O)C1([2H])[2H]. The zero-order valence-corrected chi connectivity index (χ0v) is 15.7. The predicted octanol–water partition coefficient (Wildman–Crippen LogP) is 3.18. The first-order valence-corrected chi connectivity index (χ1v) is 8.39. The van der Waals surface area contributed by atoms with Gasteiger partial charge in [-0.05, 0) is 43.7 Å². The average Bonchev–Trinajstić information content (AvgIpc) is 3.06. The van der Waals surface area contributed by atoms with Crippen molar-refractivity contribution in [2.45, 2.75) is 58.3 Å². The largest absolute Gasteiger partial charge is 0.463 e. The van der Waals surface area contributed by atoms with Gasteiger partial charge in [0, 0.05) is 40.9 Å². The second-order valence-electron chi connectivity index (χ2n) is 5.70. The number of nitrogens with two attached hydrogens (primary N) is 1. The number of anilines is 3. The van der Waals surface area contributed by atoms with Gasteiger partial charge in [-0.1, -0.05) is 37.4 Å². The van der Waals surface area contributed by atoms with Crippen molar-refractivity contribution >= 4 is 23.2 Å². The Hall–Kier alpha value is -2.87. The van der Waals surface area contributed by atoms with Crippen LogP contribution in [0.4, 0.5) is 17.3 Å². The van der Waals surface area contributed by atoms with Crippen molar-refractivity contribution in [3.63, 3.8) is 0 Å². The Morgan fingerprint density at radius 2 is 2.16 bits per heavy atom. The molecule has 1 saturated heterocycles. The molecule has 1 atom stereocenters. The highest BCUT2D eigenvalue weighted by atomic mass is 16.5. The molecule has 8 heteroatoms. The molecule has 8 nitrogen and oxygen atoms in total. The van der Waals surface area contributed by atoms with Crippen LogP contribution in [0.15, 0.2) is 24.2 Å². The van der Waals surface area contributed by atoms with Crippen LogP contribution in [0.3, 0.4) is 0 Å². The second kappa shape index (κ2) is 9.51. The van der Waals surface area contributed by atoms with Crippen molar-refractivity contribution < 1.29 is 45.2 Å². The first-order valence-electron chi connectivity index (χ1n) is 21.4. The fourth-order valence-electron chi connectivity index (χ4n) is 2.32. The van der Waals surface area contributed by atoms with Gasteiger partial charge in [-0.15, -0.1) is 0 Å². The molecule has 1 amide bonds. The highest BCUT2D eigenvalue weighted by Crippen LogP contribution is 2.34. The minimum atomic E-state index is -4.06. The molecule has 1 aromatic heterocycles. The smallest absolute Gasteiger partial charge is 0.320 e. The summed E-state index contributed by atoms with van der Waals surface area (Å²) >= 11 is 0. The van der Waals surface area contributed by atoms with Crippen molar-refractivity contribution in [2.75, 3.05) is 35.5 Å². The Bertz CT molecular complexity index is 1960. The van der Waals surface area contributed by atoms with E-state index in [4.69, 9.17) is 46.1 Å². The van der Waals surface area contributed by atoms with Gasteiger partial charge in [-0.25, -0.2) is 0 Å². The molecule has 1 fully saturated rings. The molecule has 4 rings (SSSR count). The number of nitrogens with one attached hydrogen (secondary N) is 1. The lowest BCUT2D eigenvalue weighted by atomic mass is 10.1. The predicted molar refractivity (Wildman–Crippen MR) is 122 cm³/mol. The maximum Gasteiger partial charge on any atom is 0.320 e. The summed E-state index contributed by atoms with van der Waals surface area (Å²) < 4.78 is 219. The molecule has 2 aliphatic rings. The van der Waals surface area contributed by atoms with Gasteiger partial charge in [0.2, 0.25) is 5.91 Å². The molecule has 2 aromatic rings. The minimum Gasteiger partial charge on any atom is -0.463 e. The van der Waals surface area contributed by atoms with Crippen LogP contribution in [0.1, 0.15) is 86.0 Å². The standard InChI is InChI=1S/C23H32N6O2/c1-3-4-12-31-23-26-21(24)20-22(27-23)29(15-19(30)25-20)14-18-9-7-17(8-10-18)13-28-11-5-6-16(28)2/h7-10,16H,3-6,11-15H2,1-2H3,(H,25,30)(H2,24,26,27)/i1D3,3D2,4D2,5D2,6D2,7D,8D,9D,10D,11D2,12D2,13D2,14D2,15D2,16D. The molecule has 0 saturated carbocycles. The number of amides is 1. The van der Waals surface area contributed by atoms with Gasteiger partial charge < -0.3 is 20.7 Å². The molecule has 0 bridgehead atoms.